The summed E-state index contributed by atoms with van der Waals surface area (Å²) < 4.78 is 40.1. The van der Waals surface area contributed by atoms with Crippen LogP contribution < -0.4 is 5.73 Å². The molecule has 0 bridgehead atoms. The van der Waals surface area contributed by atoms with E-state index in [9.17, 15) is 13.2 Å². The molecule has 0 atom stereocenters. The van der Waals surface area contributed by atoms with Gasteiger partial charge in [0.25, 0.3) is 0 Å². The fourth-order valence-corrected chi connectivity index (χ4v) is 2.35. The van der Waals surface area contributed by atoms with Gasteiger partial charge in [-0.25, -0.2) is 0 Å². The van der Waals surface area contributed by atoms with Gasteiger partial charge in [0.2, 0.25) is 0 Å². The Morgan fingerprint density at radius 1 is 1.21 bits per heavy atom. The van der Waals surface area contributed by atoms with Crippen LogP contribution in [0.1, 0.15) is 24.6 Å². The molecule has 0 saturated heterocycles. The van der Waals surface area contributed by atoms with Crippen LogP contribution in [0.3, 0.4) is 0 Å². The molecule has 2 rings (SSSR count). The lowest BCUT2D eigenvalue weighted by atomic mass is 10.1. The highest BCUT2D eigenvalue weighted by atomic mass is 19.4. The van der Waals surface area contributed by atoms with Crippen molar-refractivity contribution in [3.63, 3.8) is 0 Å². The van der Waals surface area contributed by atoms with Crippen LogP contribution in [0.2, 0.25) is 0 Å². The Bertz CT molecular complexity index is 570. The maximum absolute atomic E-state index is 12.7. The van der Waals surface area contributed by atoms with Crippen LogP contribution in [0.25, 0.3) is 10.9 Å². The maximum atomic E-state index is 12.7. The summed E-state index contributed by atoms with van der Waals surface area (Å²) in [6.07, 6.45) is -2.67. The Kier molecular flexibility index (Phi) is 3.85. The van der Waals surface area contributed by atoms with Gasteiger partial charge in [0.05, 0.1) is 5.56 Å². The molecule has 19 heavy (non-hydrogen) atoms. The van der Waals surface area contributed by atoms with Gasteiger partial charge >= 0.3 is 6.18 Å². The molecule has 0 fully saturated rings. The van der Waals surface area contributed by atoms with Crippen molar-refractivity contribution in [1.29, 1.82) is 0 Å². The molecule has 0 aliphatic heterocycles. The monoisotopic (exact) mass is 270 g/mol. The fraction of sp³-hybridized carbons (Fsp3) is 0.429. The largest absolute Gasteiger partial charge is 0.416 e. The molecule has 1 heterocycles. The van der Waals surface area contributed by atoms with E-state index in [2.05, 4.69) is 0 Å². The van der Waals surface area contributed by atoms with Gasteiger partial charge in [-0.2, -0.15) is 13.2 Å². The van der Waals surface area contributed by atoms with Gasteiger partial charge in [-0.05, 0) is 49.9 Å². The first-order chi connectivity index (χ1) is 8.97. The third-order valence-corrected chi connectivity index (χ3v) is 3.27. The Morgan fingerprint density at radius 3 is 2.53 bits per heavy atom. The van der Waals surface area contributed by atoms with Crippen LogP contribution in [0.5, 0.6) is 0 Å². The number of hydrogen-bond acceptors (Lipinski definition) is 1. The van der Waals surface area contributed by atoms with Crippen LogP contribution in [-0.2, 0) is 19.1 Å². The molecule has 5 heteroatoms. The first-order valence-corrected chi connectivity index (χ1v) is 6.36. The third-order valence-electron chi connectivity index (χ3n) is 3.27. The lowest BCUT2D eigenvalue weighted by Crippen LogP contribution is -2.07. The van der Waals surface area contributed by atoms with Crippen molar-refractivity contribution in [2.24, 2.45) is 5.73 Å². The van der Waals surface area contributed by atoms with Crippen molar-refractivity contribution < 1.29 is 13.2 Å². The minimum Gasteiger partial charge on any atom is -0.345 e. The fourth-order valence-electron chi connectivity index (χ4n) is 2.35. The van der Waals surface area contributed by atoms with Crippen molar-refractivity contribution in [2.75, 3.05) is 6.54 Å². The summed E-state index contributed by atoms with van der Waals surface area (Å²) >= 11 is 0. The summed E-state index contributed by atoms with van der Waals surface area (Å²) in [4.78, 5) is 0. The second kappa shape index (κ2) is 5.25. The van der Waals surface area contributed by atoms with Crippen LogP contribution in [0.15, 0.2) is 24.3 Å². The normalized spacial score (nSPS) is 12.3. The summed E-state index contributed by atoms with van der Waals surface area (Å²) in [6.45, 7) is 3.18. The molecule has 104 valence electrons. The van der Waals surface area contributed by atoms with Crippen LogP contribution in [0, 0.1) is 0 Å². The van der Waals surface area contributed by atoms with Crippen molar-refractivity contribution in [2.45, 2.75) is 32.5 Å². The predicted molar refractivity (Wildman–Crippen MR) is 70.0 cm³/mol. The summed E-state index contributed by atoms with van der Waals surface area (Å²) in [7, 11) is 0. The number of rotatable bonds is 4. The van der Waals surface area contributed by atoms with Gasteiger partial charge in [-0.15, -0.1) is 0 Å². The molecule has 0 unspecified atom stereocenters. The molecular formula is C14H17F3N2. The number of hydrogen-bond donors (Lipinski definition) is 1. The smallest absolute Gasteiger partial charge is 0.345 e. The van der Waals surface area contributed by atoms with Crippen LogP contribution >= 0.6 is 0 Å². The highest BCUT2D eigenvalue weighted by Gasteiger charge is 2.30. The van der Waals surface area contributed by atoms with Gasteiger partial charge < -0.3 is 10.3 Å². The molecule has 2 aromatic rings. The van der Waals surface area contributed by atoms with E-state index in [1.54, 1.807) is 0 Å². The number of aromatic nitrogens is 1. The summed E-state index contributed by atoms with van der Waals surface area (Å²) in [5, 5.41) is 0.849. The van der Waals surface area contributed by atoms with E-state index in [0.717, 1.165) is 30.0 Å². The van der Waals surface area contributed by atoms with Gasteiger partial charge in [0.15, 0.2) is 0 Å². The van der Waals surface area contributed by atoms with Crippen molar-refractivity contribution in [3.05, 3.63) is 35.5 Å². The van der Waals surface area contributed by atoms with E-state index in [0.29, 0.717) is 18.6 Å². The number of nitrogens with two attached hydrogens (primary N) is 1. The average Bonchev–Trinajstić information content (AvgIpc) is 2.71. The number of aryl methyl sites for hydroxylation is 2. The first-order valence-electron chi connectivity index (χ1n) is 6.36. The summed E-state index contributed by atoms with van der Waals surface area (Å²) in [5.74, 6) is 0. The van der Waals surface area contributed by atoms with Gasteiger partial charge in [-0.1, -0.05) is 6.07 Å². The molecule has 0 aliphatic carbocycles. The molecule has 1 aromatic carbocycles. The highest BCUT2D eigenvalue weighted by Crippen LogP contribution is 2.32. The summed E-state index contributed by atoms with van der Waals surface area (Å²) in [5.41, 5.74) is 6.57. The predicted octanol–water partition coefficient (Wildman–Crippen LogP) is 3.57. The Balaban J connectivity index is 2.52. The number of nitrogens with zero attached hydrogens (tertiary/aromatic N) is 1. The van der Waals surface area contributed by atoms with Gasteiger partial charge in [0.1, 0.15) is 0 Å². The molecule has 0 amide bonds. The minimum absolute atomic E-state index is 0.582. The second-order valence-corrected chi connectivity index (χ2v) is 4.54. The Morgan fingerprint density at radius 2 is 1.95 bits per heavy atom. The van der Waals surface area contributed by atoms with E-state index in [1.807, 2.05) is 17.6 Å². The molecule has 0 saturated carbocycles. The number of alkyl halides is 3. The average molecular weight is 270 g/mol. The quantitative estimate of drug-likeness (QED) is 0.904. The zero-order chi connectivity index (χ0) is 14.0. The zero-order valence-corrected chi connectivity index (χ0v) is 10.8. The summed E-state index contributed by atoms with van der Waals surface area (Å²) in [6, 6.07) is 5.85. The van der Waals surface area contributed by atoms with E-state index in [1.165, 1.54) is 12.1 Å². The third kappa shape index (κ3) is 2.76. The molecule has 2 nitrogen and oxygen atoms in total. The van der Waals surface area contributed by atoms with Crippen LogP contribution in [-0.4, -0.2) is 11.1 Å². The number of fused-ring (bicyclic) bond motifs is 1. The van der Waals surface area contributed by atoms with Crippen molar-refractivity contribution in [3.8, 4) is 0 Å². The van der Waals surface area contributed by atoms with Gasteiger partial charge in [0, 0.05) is 17.8 Å². The van der Waals surface area contributed by atoms with Gasteiger partial charge in [-0.3, -0.25) is 0 Å². The Hall–Kier alpha value is -1.49. The molecule has 0 radical (unpaired) electrons. The van der Waals surface area contributed by atoms with Crippen molar-refractivity contribution >= 4 is 10.9 Å². The van der Waals surface area contributed by atoms with Crippen LogP contribution in [0.4, 0.5) is 13.2 Å². The molecule has 0 spiro atoms. The minimum atomic E-state index is -4.30. The molecule has 1 aromatic heterocycles. The standard InChI is InChI=1S/C14H17F3N2/c1-2-19-12(4-3-7-18)8-10-5-6-11(9-13(10)19)14(15,16)17/h5-6,8-9H,2-4,7,18H2,1H3. The molecule has 0 aliphatic rings. The van der Waals surface area contributed by atoms with E-state index in [4.69, 9.17) is 5.73 Å². The lowest BCUT2D eigenvalue weighted by Gasteiger charge is -2.10. The van der Waals surface area contributed by atoms with Crippen molar-refractivity contribution in [1.82, 2.24) is 4.57 Å². The van der Waals surface area contributed by atoms with E-state index >= 15 is 0 Å². The second-order valence-electron chi connectivity index (χ2n) is 4.54. The topological polar surface area (TPSA) is 30.9 Å². The highest BCUT2D eigenvalue weighted by molar-refractivity contribution is 5.82. The molecule has 2 N–H and O–H groups in total. The number of halogens is 3. The van der Waals surface area contributed by atoms with E-state index in [-0.39, 0.29) is 0 Å². The SMILES string of the molecule is CCn1c(CCCN)cc2ccc(C(F)(F)F)cc21. The first kappa shape index (κ1) is 13.9. The Labute approximate surface area is 110 Å². The lowest BCUT2D eigenvalue weighted by molar-refractivity contribution is -0.137. The maximum Gasteiger partial charge on any atom is 0.416 e. The number of benzene rings is 1. The van der Waals surface area contributed by atoms with E-state index < -0.39 is 11.7 Å². The molecular weight excluding hydrogens is 253 g/mol. The zero-order valence-electron chi connectivity index (χ0n) is 10.8.